The van der Waals surface area contributed by atoms with E-state index in [0.29, 0.717) is 0 Å². The summed E-state index contributed by atoms with van der Waals surface area (Å²) in [5.41, 5.74) is 1.05. The fourth-order valence-electron chi connectivity index (χ4n) is 0.747. The van der Waals surface area contributed by atoms with Crippen LogP contribution < -0.4 is 4.74 Å². The summed E-state index contributed by atoms with van der Waals surface area (Å²) in [5.74, 6) is 0. The highest BCUT2D eigenvalue weighted by molar-refractivity contribution is 7.12. The lowest BCUT2D eigenvalue weighted by Crippen LogP contribution is -1.78. The maximum Gasteiger partial charge on any atom is 0.188 e. The van der Waals surface area contributed by atoms with Crippen LogP contribution in [0.25, 0.3) is 0 Å². The van der Waals surface area contributed by atoms with Crippen LogP contribution in [-0.4, -0.2) is 6.21 Å². The molecule has 0 atom stereocenters. The summed E-state index contributed by atoms with van der Waals surface area (Å²) in [4.78, 5) is 3.96. The van der Waals surface area contributed by atoms with E-state index in [-0.39, 0.29) is 0 Å². The van der Waals surface area contributed by atoms with Gasteiger partial charge in [0.15, 0.2) is 5.06 Å². The van der Waals surface area contributed by atoms with Gasteiger partial charge in [0.1, 0.15) is 6.26 Å². The molecule has 0 bridgehead atoms. The fourth-order valence-corrected chi connectivity index (χ4v) is 1.45. The zero-order chi connectivity index (χ0) is 6.81. The summed E-state index contributed by atoms with van der Waals surface area (Å²) in [5, 5.41) is 2.90. The van der Waals surface area contributed by atoms with Gasteiger partial charge in [0.2, 0.25) is 0 Å². The molecule has 0 saturated heterocycles. The van der Waals surface area contributed by atoms with Crippen LogP contribution >= 0.6 is 11.3 Å². The molecule has 0 fully saturated rings. The van der Waals surface area contributed by atoms with Crippen molar-refractivity contribution in [3.8, 4) is 5.06 Å². The third-order valence-corrected chi connectivity index (χ3v) is 2.01. The van der Waals surface area contributed by atoms with Crippen LogP contribution in [0.3, 0.4) is 0 Å². The number of nitrogens with zero attached hydrogens (tertiary/aromatic N) is 1. The molecule has 0 aromatic carbocycles. The summed E-state index contributed by atoms with van der Waals surface area (Å²) >= 11 is 1.57. The van der Waals surface area contributed by atoms with Crippen LogP contribution in [0.2, 0.25) is 0 Å². The predicted molar refractivity (Wildman–Crippen MR) is 41.7 cm³/mol. The van der Waals surface area contributed by atoms with Crippen molar-refractivity contribution in [3.05, 3.63) is 29.5 Å². The highest BCUT2D eigenvalue weighted by Gasteiger charge is 2.02. The molecular weight excluding hydrogens is 146 g/mol. The molecule has 2 rings (SSSR count). The van der Waals surface area contributed by atoms with Crippen LogP contribution in [0, 0.1) is 0 Å². The molecule has 50 valence electrons. The molecule has 3 heteroatoms. The molecule has 1 aromatic rings. The molecule has 2 heterocycles. The van der Waals surface area contributed by atoms with Crippen molar-refractivity contribution in [1.29, 1.82) is 0 Å². The molecule has 0 saturated carbocycles. The van der Waals surface area contributed by atoms with Gasteiger partial charge in [-0.05, 0) is 11.4 Å². The van der Waals surface area contributed by atoms with Crippen molar-refractivity contribution < 1.29 is 4.74 Å². The second-order valence-electron chi connectivity index (χ2n) is 1.84. The largest absolute Gasteiger partial charge is 0.452 e. The second kappa shape index (κ2) is 2.27. The molecule has 1 aromatic heterocycles. The van der Waals surface area contributed by atoms with E-state index in [0.717, 1.165) is 10.6 Å². The van der Waals surface area contributed by atoms with E-state index in [4.69, 9.17) is 4.74 Å². The third-order valence-electron chi connectivity index (χ3n) is 1.19. The van der Waals surface area contributed by atoms with Crippen molar-refractivity contribution in [2.75, 3.05) is 0 Å². The summed E-state index contributed by atoms with van der Waals surface area (Å²) in [6.07, 6.45) is 5.00. The van der Waals surface area contributed by atoms with Gasteiger partial charge in [-0.2, -0.15) is 0 Å². The lowest BCUT2D eigenvalue weighted by atomic mass is 10.4. The van der Waals surface area contributed by atoms with E-state index < -0.39 is 0 Å². The Bertz CT molecular complexity index is 288. The minimum Gasteiger partial charge on any atom is -0.452 e. The number of rotatable bonds is 0. The van der Waals surface area contributed by atoms with E-state index in [1.54, 1.807) is 30.0 Å². The lowest BCUT2D eigenvalue weighted by molar-refractivity contribution is 0.495. The minimum absolute atomic E-state index is 0.914. The molecular formula is C7H5NOS. The van der Waals surface area contributed by atoms with Crippen molar-refractivity contribution in [2.45, 2.75) is 0 Å². The number of hydrogen-bond donors (Lipinski definition) is 0. The van der Waals surface area contributed by atoms with Crippen molar-refractivity contribution in [2.24, 2.45) is 4.99 Å². The van der Waals surface area contributed by atoms with E-state index in [2.05, 4.69) is 4.99 Å². The highest BCUT2D eigenvalue weighted by Crippen LogP contribution is 2.25. The first-order chi connectivity index (χ1) is 4.97. The summed E-state index contributed by atoms with van der Waals surface area (Å²) in [6, 6.07) is 1.98. The minimum atomic E-state index is 0.914. The summed E-state index contributed by atoms with van der Waals surface area (Å²) in [6.45, 7) is 0. The van der Waals surface area contributed by atoms with Gasteiger partial charge in [-0.15, -0.1) is 11.3 Å². The first-order valence-electron chi connectivity index (χ1n) is 2.89. The van der Waals surface area contributed by atoms with Gasteiger partial charge >= 0.3 is 0 Å². The standard InChI is InChI=1S/C7H5NOS/c1-4-10-7-6(1)5-8-2-3-9-7/h1-5H. The average Bonchev–Trinajstić information content (AvgIpc) is 2.28. The Morgan fingerprint density at radius 3 is 3.50 bits per heavy atom. The molecule has 0 unspecified atom stereocenters. The molecule has 1 aliphatic heterocycles. The van der Waals surface area contributed by atoms with Gasteiger partial charge in [-0.25, -0.2) is 0 Å². The van der Waals surface area contributed by atoms with Gasteiger partial charge < -0.3 is 4.74 Å². The highest BCUT2D eigenvalue weighted by atomic mass is 32.1. The Morgan fingerprint density at radius 1 is 1.50 bits per heavy atom. The van der Waals surface area contributed by atoms with E-state index in [9.17, 15) is 0 Å². The third kappa shape index (κ3) is 0.844. The van der Waals surface area contributed by atoms with E-state index >= 15 is 0 Å². The van der Waals surface area contributed by atoms with Gasteiger partial charge in [-0.3, -0.25) is 4.99 Å². The maximum absolute atomic E-state index is 5.20. The quantitative estimate of drug-likeness (QED) is 0.556. The normalized spacial score (nSPS) is 14.0. The molecule has 0 amide bonds. The first kappa shape index (κ1) is 5.68. The second-order valence-corrected chi connectivity index (χ2v) is 2.72. The van der Waals surface area contributed by atoms with Crippen LogP contribution in [0.4, 0.5) is 0 Å². The number of hydrogen-bond acceptors (Lipinski definition) is 3. The zero-order valence-corrected chi connectivity index (χ0v) is 5.97. The van der Waals surface area contributed by atoms with Gasteiger partial charge in [0.05, 0.1) is 6.20 Å². The Labute approximate surface area is 62.5 Å². The lowest BCUT2D eigenvalue weighted by Gasteiger charge is -1.91. The summed E-state index contributed by atoms with van der Waals surface area (Å²) in [7, 11) is 0. The first-order valence-corrected chi connectivity index (χ1v) is 3.77. The number of fused-ring (bicyclic) bond motifs is 1. The topological polar surface area (TPSA) is 21.6 Å². The number of thiophene rings is 1. The fraction of sp³-hybridized carbons (Fsp3) is 0. The van der Waals surface area contributed by atoms with Crippen LogP contribution in [0.15, 0.2) is 28.9 Å². The maximum atomic E-state index is 5.20. The molecule has 0 N–H and O–H groups in total. The molecule has 0 radical (unpaired) electrons. The van der Waals surface area contributed by atoms with Crippen LogP contribution in [0.5, 0.6) is 5.06 Å². The smallest absolute Gasteiger partial charge is 0.188 e. The van der Waals surface area contributed by atoms with Crippen molar-refractivity contribution >= 4 is 17.6 Å². The number of ether oxygens (including phenoxy) is 1. The SMILES string of the molecule is C1=COc2sccc2C=N1. The van der Waals surface area contributed by atoms with Gasteiger partial charge in [-0.1, -0.05) is 0 Å². The van der Waals surface area contributed by atoms with Gasteiger partial charge in [0.25, 0.3) is 0 Å². The monoisotopic (exact) mass is 151 g/mol. The molecule has 2 nitrogen and oxygen atoms in total. The van der Waals surface area contributed by atoms with E-state index in [1.807, 2.05) is 11.4 Å². The molecule has 1 aliphatic rings. The average molecular weight is 151 g/mol. The molecule has 10 heavy (non-hydrogen) atoms. The molecule has 0 aliphatic carbocycles. The Balaban J connectivity index is 2.50. The zero-order valence-electron chi connectivity index (χ0n) is 5.15. The van der Waals surface area contributed by atoms with E-state index in [1.165, 1.54) is 0 Å². The van der Waals surface area contributed by atoms with Crippen LogP contribution in [-0.2, 0) is 0 Å². The van der Waals surface area contributed by atoms with Crippen LogP contribution in [0.1, 0.15) is 5.56 Å². The van der Waals surface area contributed by atoms with Gasteiger partial charge in [0, 0.05) is 11.8 Å². The molecule has 0 spiro atoms. The van der Waals surface area contributed by atoms with Crippen molar-refractivity contribution in [1.82, 2.24) is 0 Å². The number of aliphatic imine (C=N–C) groups is 1. The Morgan fingerprint density at radius 2 is 2.50 bits per heavy atom. The Kier molecular flexibility index (Phi) is 1.29. The predicted octanol–water partition coefficient (Wildman–Crippen LogP) is 2.03. The Hall–Kier alpha value is -1.09. The summed E-state index contributed by atoms with van der Waals surface area (Å²) < 4.78 is 5.20. The van der Waals surface area contributed by atoms with Crippen molar-refractivity contribution in [3.63, 3.8) is 0 Å².